The molecule has 0 unspecified atom stereocenters. The van der Waals surface area contributed by atoms with Crippen molar-refractivity contribution in [3.63, 3.8) is 0 Å². The Morgan fingerprint density at radius 3 is 2.55 bits per heavy atom. The van der Waals surface area contributed by atoms with E-state index in [9.17, 15) is 0 Å². The fraction of sp³-hybridized carbons (Fsp3) is 0.333. The van der Waals surface area contributed by atoms with E-state index in [1.807, 2.05) is 0 Å². The second-order valence-electron chi connectivity index (χ2n) is 5.83. The largest absolute Gasteiger partial charge is 0.382 e. The Morgan fingerprint density at radius 2 is 1.75 bits per heavy atom. The fourth-order valence-electron chi connectivity index (χ4n) is 3.02. The number of para-hydroxylation sites is 2. The van der Waals surface area contributed by atoms with Crippen LogP contribution in [0.5, 0.6) is 0 Å². The Morgan fingerprint density at radius 1 is 1.00 bits per heavy atom. The first-order chi connectivity index (χ1) is 9.65. The summed E-state index contributed by atoms with van der Waals surface area (Å²) in [6.45, 7) is 6.58. The van der Waals surface area contributed by atoms with Crippen molar-refractivity contribution in [3.05, 3.63) is 59.2 Å². The Kier molecular flexibility index (Phi) is 3.39. The number of hydrogen-bond donors (Lipinski definition) is 2. The topological polar surface area (TPSA) is 24.1 Å². The highest BCUT2D eigenvalue weighted by molar-refractivity contribution is 5.63. The van der Waals surface area contributed by atoms with E-state index >= 15 is 0 Å². The van der Waals surface area contributed by atoms with Gasteiger partial charge in [-0.3, -0.25) is 0 Å². The number of anilines is 2. The van der Waals surface area contributed by atoms with E-state index in [2.05, 4.69) is 73.9 Å². The van der Waals surface area contributed by atoms with Gasteiger partial charge in [0.15, 0.2) is 0 Å². The van der Waals surface area contributed by atoms with E-state index in [1.165, 1.54) is 28.1 Å². The van der Waals surface area contributed by atoms with Crippen molar-refractivity contribution in [2.45, 2.75) is 39.3 Å². The SMILES string of the molecule is Cc1ccccc1N[C@H]1C[C@H](C)Nc2c(C)cccc21. The molecule has 0 spiro atoms. The third-order valence-corrected chi connectivity index (χ3v) is 4.14. The van der Waals surface area contributed by atoms with E-state index in [-0.39, 0.29) is 0 Å². The van der Waals surface area contributed by atoms with Gasteiger partial charge in [-0.25, -0.2) is 0 Å². The molecular weight excluding hydrogens is 244 g/mol. The predicted octanol–water partition coefficient (Wildman–Crippen LogP) is 4.66. The number of aryl methyl sites for hydroxylation is 2. The van der Waals surface area contributed by atoms with Crippen LogP contribution in [0.1, 0.15) is 36.1 Å². The minimum atomic E-state index is 0.377. The lowest BCUT2D eigenvalue weighted by molar-refractivity contribution is 0.598. The van der Waals surface area contributed by atoms with Crippen LogP contribution in [0.2, 0.25) is 0 Å². The van der Waals surface area contributed by atoms with Gasteiger partial charge in [-0.15, -0.1) is 0 Å². The smallest absolute Gasteiger partial charge is 0.0553 e. The van der Waals surface area contributed by atoms with Crippen molar-refractivity contribution in [1.82, 2.24) is 0 Å². The summed E-state index contributed by atoms with van der Waals surface area (Å²) < 4.78 is 0. The fourth-order valence-corrected chi connectivity index (χ4v) is 3.02. The van der Waals surface area contributed by atoms with Crippen LogP contribution in [0.3, 0.4) is 0 Å². The molecule has 2 aromatic rings. The van der Waals surface area contributed by atoms with E-state index in [1.54, 1.807) is 0 Å². The molecule has 2 nitrogen and oxygen atoms in total. The Balaban J connectivity index is 1.96. The minimum absolute atomic E-state index is 0.377. The summed E-state index contributed by atoms with van der Waals surface area (Å²) in [5, 5.41) is 7.34. The van der Waals surface area contributed by atoms with Crippen LogP contribution >= 0.6 is 0 Å². The number of fused-ring (bicyclic) bond motifs is 1. The summed E-state index contributed by atoms with van der Waals surface area (Å²) in [5.41, 5.74) is 6.54. The Hall–Kier alpha value is -1.96. The molecule has 0 amide bonds. The maximum Gasteiger partial charge on any atom is 0.0553 e. The first kappa shape index (κ1) is 13.0. The van der Waals surface area contributed by atoms with Crippen LogP contribution in [-0.2, 0) is 0 Å². The molecule has 0 saturated heterocycles. The molecule has 2 N–H and O–H groups in total. The molecule has 0 bridgehead atoms. The summed E-state index contributed by atoms with van der Waals surface area (Å²) in [5.74, 6) is 0. The molecule has 0 radical (unpaired) electrons. The number of rotatable bonds is 2. The highest BCUT2D eigenvalue weighted by atomic mass is 15.0. The van der Waals surface area contributed by atoms with Crippen molar-refractivity contribution in [2.75, 3.05) is 10.6 Å². The van der Waals surface area contributed by atoms with Crippen molar-refractivity contribution in [3.8, 4) is 0 Å². The molecular formula is C18H22N2. The predicted molar refractivity (Wildman–Crippen MR) is 86.4 cm³/mol. The van der Waals surface area contributed by atoms with Crippen LogP contribution in [0.4, 0.5) is 11.4 Å². The average Bonchev–Trinajstić information content (AvgIpc) is 2.42. The van der Waals surface area contributed by atoms with Gasteiger partial charge in [0, 0.05) is 17.4 Å². The molecule has 2 atom stereocenters. The first-order valence-electron chi connectivity index (χ1n) is 7.33. The highest BCUT2D eigenvalue weighted by Gasteiger charge is 2.25. The van der Waals surface area contributed by atoms with E-state index in [4.69, 9.17) is 0 Å². The van der Waals surface area contributed by atoms with E-state index in [0.717, 1.165) is 6.42 Å². The van der Waals surface area contributed by atoms with Crippen LogP contribution in [0.15, 0.2) is 42.5 Å². The lowest BCUT2D eigenvalue weighted by atomic mass is 9.91. The standard InChI is InChI=1S/C18H22N2/c1-12-7-4-5-10-16(12)20-17-11-14(3)19-18-13(2)8-6-9-15(17)18/h4-10,14,17,19-20H,11H2,1-3H3/t14-,17-/m0/s1. The zero-order valence-corrected chi connectivity index (χ0v) is 12.4. The maximum atomic E-state index is 3.72. The Labute approximate surface area is 121 Å². The van der Waals surface area contributed by atoms with Gasteiger partial charge >= 0.3 is 0 Å². The zero-order chi connectivity index (χ0) is 14.1. The summed E-state index contributed by atoms with van der Waals surface area (Å²) in [7, 11) is 0. The van der Waals surface area contributed by atoms with Gasteiger partial charge in [0.2, 0.25) is 0 Å². The molecule has 104 valence electrons. The Bertz CT molecular complexity index is 619. The minimum Gasteiger partial charge on any atom is -0.382 e. The molecule has 0 aromatic heterocycles. The van der Waals surface area contributed by atoms with Crippen LogP contribution in [-0.4, -0.2) is 6.04 Å². The first-order valence-corrected chi connectivity index (χ1v) is 7.33. The van der Waals surface area contributed by atoms with Gasteiger partial charge in [-0.05, 0) is 49.9 Å². The molecule has 3 rings (SSSR count). The second kappa shape index (κ2) is 5.20. The van der Waals surface area contributed by atoms with Crippen LogP contribution in [0, 0.1) is 13.8 Å². The number of hydrogen-bond acceptors (Lipinski definition) is 2. The molecule has 0 saturated carbocycles. The molecule has 20 heavy (non-hydrogen) atoms. The van der Waals surface area contributed by atoms with Gasteiger partial charge in [-0.1, -0.05) is 36.4 Å². The zero-order valence-electron chi connectivity index (χ0n) is 12.4. The van der Waals surface area contributed by atoms with Crippen molar-refractivity contribution >= 4 is 11.4 Å². The quantitative estimate of drug-likeness (QED) is 0.826. The van der Waals surface area contributed by atoms with Gasteiger partial charge in [0.25, 0.3) is 0 Å². The van der Waals surface area contributed by atoms with E-state index in [0.29, 0.717) is 12.1 Å². The van der Waals surface area contributed by atoms with Crippen LogP contribution in [0.25, 0.3) is 0 Å². The third kappa shape index (κ3) is 2.38. The monoisotopic (exact) mass is 266 g/mol. The van der Waals surface area contributed by atoms with Crippen molar-refractivity contribution < 1.29 is 0 Å². The second-order valence-corrected chi connectivity index (χ2v) is 5.83. The summed E-state index contributed by atoms with van der Waals surface area (Å²) >= 11 is 0. The van der Waals surface area contributed by atoms with Gasteiger partial charge in [-0.2, -0.15) is 0 Å². The van der Waals surface area contributed by atoms with Crippen LogP contribution < -0.4 is 10.6 Å². The van der Waals surface area contributed by atoms with Gasteiger partial charge < -0.3 is 10.6 Å². The number of benzene rings is 2. The lowest BCUT2D eigenvalue weighted by Crippen LogP contribution is -2.29. The van der Waals surface area contributed by atoms with Gasteiger partial charge in [0.05, 0.1) is 6.04 Å². The van der Waals surface area contributed by atoms with Crippen molar-refractivity contribution in [2.24, 2.45) is 0 Å². The lowest BCUT2D eigenvalue weighted by Gasteiger charge is -2.34. The highest BCUT2D eigenvalue weighted by Crippen LogP contribution is 2.37. The maximum absolute atomic E-state index is 3.72. The normalized spacial score (nSPS) is 20.9. The molecule has 0 aliphatic carbocycles. The molecule has 1 aliphatic heterocycles. The average molecular weight is 266 g/mol. The summed E-state index contributed by atoms with van der Waals surface area (Å²) in [6.07, 6.45) is 1.10. The summed E-state index contributed by atoms with van der Waals surface area (Å²) in [6, 6.07) is 15.9. The number of nitrogens with one attached hydrogen (secondary N) is 2. The third-order valence-electron chi connectivity index (χ3n) is 4.14. The molecule has 1 aliphatic rings. The van der Waals surface area contributed by atoms with E-state index < -0.39 is 0 Å². The molecule has 1 heterocycles. The molecule has 0 fully saturated rings. The van der Waals surface area contributed by atoms with Crippen molar-refractivity contribution in [1.29, 1.82) is 0 Å². The summed E-state index contributed by atoms with van der Waals surface area (Å²) in [4.78, 5) is 0. The molecule has 2 heteroatoms. The van der Waals surface area contributed by atoms with Gasteiger partial charge in [0.1, 0.15) is 0 Å². The molecule has 2 aromatic carbocycles.